The van der Waals surface area contributed by atoms with Crippen LogP contribution in [0.1, 0.15) is 6.92 Å². The third kappa shape index (κ3) is 349. The molecule has 7 heteroatoms. The number of halogens is 1. The van der Waals surface area contributed by atoms with Crippen LogP contribution < -0.4 is 0 Å². The van der Waals surface area contributed by atoms with E-state index >= 15 is 0 Å². The predicted octanol–water partition coefficient (Wildman–Crippen LogP) is -0.0562. The molecular formula is C2H8ClNaO4S. The Morgan fingerprint density at radius 2 is 1.44 bits per heavy atom. The van der Waals surface area contributed by atoms with Crippen LogP contribution in [0.2, 0.25) is 0 Å². The molecule has 0 aromatic carbocycles. The maximum absolute atomic E-state index is 8.74. The zero-order chi connectivity index (χ0) is 7.21. The molecule has 0 aliphatic heterocycles. The third-order valence-electron chi connectivity index (χ3n) is 0. The van der Waals surface area contributed by atoms with Crippen LogP contribution in [0.25, 0.3) is 0 Å². The maximum atomic E-state index is 8.74. The Labute approximate surface area is 81.5 Å². The Kier molecular flexibility index (Phi) is 16.9. The van der Waals surface area contributed by atoms with E-state index in [1.807, 2.05) is 6.92 Å². The molecule has 0 amide bonds. The average molecular weight is 187 g/mol. The van der Waals surface area contributed by atoms with Gasteiger partial charge in [0.25, 0.3) is 0 Å². The van der Waals surface area contributed by atoms with E-state index in [1.54, 1.807) is 0 Å². The summed E-state index contributed by atoms with van der Waals surface area (Å²) in [4.78, 5) is 0. The molecule has 0 fully saturated rings. The van der Waals surface area contributed by atoms with Gasteiger partial charge in [0.05, 0.1) is 0 Å². The number of hydrogen-bond acceptors (Lipinski definition) is 2. The molecular weight excluding hydrogens is 179 g/mol. The summed E-state index contributed by atoms with van der Waals surface area (Å²) in [5.41, 5.74) is 0. The molecule has 0 aliphatic carbocycles. The summed E-state index contributed by atoms with van der Waals surface area (Å²) >= 11 is 5.00. The van der Waals surface area contributed by atoms with Crippen LogP contribution in [0, 0.1) is 0 Å². The van der Waals surface area contributed by atoms with Gasteiger partial charge in [-0.3, -0.25) is 9.11 Å². The monoisotopic (exact) mass is 186 g/mol. The van der Waals surface area contributed by atoms with Crippen molar-refractivity contribution in [2.45, 2.75) is 6.92 Å². The van der Waals surface area contributed by atoms with Crippen molar-refractivity contribution in [3.8, 4) is 0 Å². The van der Waals surface area contributed by atoms with E-state index in [0.717, 1.165) is 5.88 Å². The summed E-state index contributed by atoms with van der Waals surface area (Å²) in [6.45, 7) is 1.89. The van der Waals surface area contributed by atoms with E-state index < -0.39 is 10.4 Å². The Balaban J connectivity index is -0.0000000800. The minimum absolute atomic E-state index is 0. The van der Waals surface area contributed by atoms with Crippen LogP contribution >= 0.6 is 11.6 Å². The topological polar surface area (TPSA) is 74.6 Å². The SMILES string of the molecule is CCCl.O=S(=O)(O)O.[NaH]. The standard InChI is InChI=1S/C2H5Cl.Na.H2O4S.H/c1-2-3;;1-5(2,3)4;/h2H2,1H3;;(H2,1,2,3,4);. The molecule has 4 nitrogen and oxygen atoms in total. The van der Waals surface area contributed by atoms with Crippen LogP contribution in [0.5, 0.6) is 0 Å². The fraction of sp³-hybridized carbons (Fsp3) is 1.00. The average Bonchev–Trinajstić information content (AvgIpc) is 1.27. The van der Waals surface area contributed by atoms with Crippen molar-refractivity contribution >= 4 is 51.6 Å². The molecule has 0 saturated heterocycles. The molecule has 54 valence electrons. The van der Waals surface area contributed by atoms with Crippen molar-refractivity contribution in [2.24, 2.45) is 0 Å². The second kappa shape index (κ2) is 9.16. The normalized spacial score (nSPS) is 8.44. The molecule has 0 atom stereocenters. The van der Waals surface area contributed by atoms with Gasteiger partial charge in [-0.2, -0.15) is 8.42 Å². The molecule has 0 aliphatic rings. The van der Waals surface area contributed by atoms with E-state index in [1.165, 1.54) is 0 Å². The van der Waals surface area contributed by atoms with Crippen LogP contribution in [0.3, 0.4) is 0 Å². The third-order valence-corrected chi connectivity index (χ3v) is 0. The number of alkyl halides is 1. The van der Waals surface area contributed by atoms with E-state index in [4.69, 9.17) is 29.1 Å². The Bertz CT molecular complexity index is 113. The zero-order valence-electron chi connectivity index (χ0n) is 4.20. The van der Waals surface area contributed by atoms with Gasteiger partial charge in [-0.25, -0.2) is 0 Å². The fourth-order valence-corrected chi connectivity index (χ4v) is 0. The quantitative estimate of drug-likeness (QED) is 0.316. The molecule has 9 heavy (non-hydrogen) atoms. The van der Waals surface area contributed by atoms with Crippen molar-refractivity contribution in [1.29, 1.82) is 0 Å². The Morgan fingerprint density at radius 3 is 1.44 bits per heavy atom. The van der Waals surface area contributed by atoms with Crippen molar-refractivity contribution in [1.82, 2.24) is 0 Å². The van der Waals surface area contributed by atoms with Crippen molar-refractivity contribution in [3.63, 3.8) is 0 Å². The molecule has 0 heterocycles. The van der Waals surface area contributed by atoms with Gasteiger partial charge in [0.15, 0.2) is 0 Å². The van der Waals surface area contributed by atoms with E-state index in [2.05, 4.69) is 0 Å². The first-order valence-corrected chi connectivity index (χ1v) is 3.60. The Hall–Kier alpha value is 1.16. The molecule has 0 aromatic rings. The molecule has 2 N–H and O–H groups in total. The van der Waals surface area contributed by atoms with Crippen LogP contribution in [0.4, 0.5) is 0 Å². The van der Waals surface area contributed by atoms with Gasteiger partial charge in [0, 0.05) is 5.88 Å². The molecule has 0 aromatic heterocycles. The first-order valence-electron chi connectivity index (χ1n) is 1.67. The van der Waals surface area contributed by atoms with E-state index in [-0.39, 0.29) is 29.6 Å². The predicted molar refractivity (Wildman–Crippen MR) is 37.7 cm³/mol. The van der Waals surface area contributed by atoms with Gasteiger partial charge >= 0.3 is 40.0 Å². The summed E-state index contributed by atoms with van der Waals surface area (Å²) in [6.07, 6.45) is 0. The van der Waals surface area contributed by atoms with E-state index in [9.17, 15) is 0 Å². The number of rotatable bonds is 0. The van der Waals surface area contributed by atoms with Gasteiger partial charge in [0.2, 0.25) is 0 Å². The second-order valence-corrected chi connectivity index (χ2v) is 2.15. The van der Waals surface area contributed by atoms with E-state index in [0.29, 0.717) is 0 Å². The van der Waals surface area contributed by atoms with Crippen LogP contribution in [0.15, 0.2) is 0 Å². The van der Waals surface area contributed by atoms with Crippen LogP contribution in [-0.2, 0) is 10.4 Å². The van der Waals surface area contributed by atoms with Crippen molar-refractivity contribution < 1.29 is 17.5 Å². The summed E-state index contributed by atoms with van der Waals surface area (Å²) in [6, 6.07) is 0. The summed E-state index contributed by atoms with van der Waals surface area (Å²) < 4.78 is 31.6. The van der Waals surface area contributed by atoms with Gasteiger partial charge in [-0.05, 0) is 0 Å². The van der Waals surface area contributed by atoms with Gasteiger partial charge in [0.1, 0.15) is 0 Å². The van der Waals surface area contributed by atoms with Gasteiger partial charge in [-0.1, -0.05) is 6.92 Å². The molecule has 0 unspecified atom stereocenters. The molecule has 0 radical (unpaired) electrons. The summed E-state index contributed by atoms with van der Waals surface area (Å²) in [7, 11) is -4.67. The van der Waals surface area contributed by atoms with Crippen LogP contribution in [-0.4, -0.2) is 53.0 Å². The Morgan fingerprint density at radius 1 is 1.44 bits per heavy atom. The molecule has 0 bridgehead atoms. The van der Waals surface area contributed by atoms with Gasteiger partial charge < -0.3 is 0 Å². The van der Waals surface area contributed by atoms with Crippen molar-refractivity contribution in [2.75, 3.05) is 5.88 Å². The minimum atomic E-state index is -4.67. The fourth-order valence-electron chi connectivity index (χ4n) is 0. The summed E-state index contributed by atoms with van der Waals surface area (Å²) in [5, 5.41) is 0. The number of hydrogen-bond donors (Lipinski definition) is 2. The first-order chi connectivity index (χ1) is 3.41. The molecule has 0 spiro atoms. The zero-order valence-corrected chi connectivity index (χ0v) is 5.78. The first kappa shape index (κ1) is 16.6. The van der Waals surface area contributed by atoms with Gasteiger partial charge in [-0.15, -0.1) is 11.6 Å². The molecule has 0 rings (SSSR count). The summed E-state index contributed by atoms with van der Waals surface area (Å²) in [5.74, 6) is 0.722. The second-order valence-electron chi connectivity index (χ2n) is 0.715. The molecule has 0 saturated carbocycles. The van der Waals surface area contributed by atoms with Crippen molar-refractivity contribution in [3.05, 3.63) is 0 Å².